The van der Waals surface area contributed by atoms with E-state index in [1.807, 2.05) is 0 Å². The Bertz CT molecular complexity index is 684. The van der Waals surface area contributed by atoms with Crippen LogP contribution in [0.3, 0.4) is 0 Å². The van der Waals surface area contributed by atoms with Gasteiger partial charge < -0.3 is 10.6 Å². The molecule has 1 aromatic carbocycles. The van der Waals surface area contributed by atoms with Gasteiger partial charge in [0.1, 0.15) is 23.7 Å². The van der Waals surface area contributed by atoms with Crippen LogP contribution < -0.4 is 10.6 Å². The van der Waals surface area contributed by atoms with Gasteiger partial charge in [-0.25, -0.2) is 14.4 Å². The van der Waals surface area contributed by atoms with Crippen molar-refractivity contribution in [2.45, 2.75) is 44.7 Å². The number of hydrogen-bond donors (Lipinski definition) is 2. The predicted octanol–water partition coefficient (Wildman–Crippen LogP) is 3.29. The highest BCUT2D eigenvalue weighted by molar-refractivity contribution is 5.93. The van der Waals surface area contributed by atoms with E-state index in [4.69, 9.17) is 0 Å². The summed E-state index contributed by atoms with van der Waals surface area (Å²) in [6.45, 7) is 0.501. The van der Waals surface area contributed by atoms with Crippen LogP contribution in [-0.4, -0.2) is 21.9 Å². The van der Waals surface area contributed by atoms with E-state index >= 15 is 0 Å². The summed E-state index contributed by atoms with van der Waals surface area (Å²) in [5, 5.41) is 6.17. The molecule has 1 aliphatic carbocycles. The van der Waals surface area contributed by atoms with E-state index in [0.29, 0.717) is 18.1 Å². The SMILES string of the molecule is O=C(NC1CCCCC1)c1cc(NCc2ccc(F)cc2)ncn1. The summed E-state index contributed by atoms with van der Waals surface area (Å²) in [5.74, 6) is 0.153. The summed E-state index contributed by atoms with van der Waals surface area (Å²) in [7, 11) is 0. The van der Waals surface area contributed by atoms with Crippen LogP contribution in [0.4, 0.5) is 10.2 Å². The number of hydrogen-bond acceptors (Lipinski definition) is 4. The van der Waals surface area contributed by atoms with Crippen LogP contribution in [0.5, 0.6) is 0 Å². The van der Waals surface area contributed by atoms with Crippen molar-refractivity contribution in [1.82, 2.24) is 15.3 Å². The van der Waals surface area contributed by atoms with Gasteiger partial charge in [0.2, 0.25) is 0 Å². The van der Waals surface area contributed by atoms with Gasteiger partial charge in [-0.1, -0.05) is 31.4 Å². The molecule has 1 aromatic heterocycles. The molecule has 0 spiro atoms. The Morgan fingerprint density at radius 2 is 1.88 bits per heavy atom. The largest absolute Gasteiger partial charge is 0.366 e. The number of benzene rings is 1. The first-order valence-corrected chi connectivity index (χ1v) is 8.32. The summed E-state index contributed by atoms with van der Waals surface area (Å²) in [6.07, 6.45) is 7.03. The van der Waals surface area contributed by atoms with Gasteiger partial charge >= 0.3 is 0 Å². The molecule has 0 unspecified atom stereocenters. The van der Waals surface area contributed by atoms with Gasteiger partial charge in [0.05, 0.1) is 0 Å². The van der Waals surface area contributed by atoms with Gasteiger partial charge in [0.25, 0.3) is 5.91 Å². The van der Waals surface area contributed by atoms with Gasteiger partial charge in [0, 0.05) is 18.7 Å². The van der Waals surface area contributed by atoms with Crippen LogP contribution in [0.15, 0.2) is 36.7 Å². The average molecular weight is 328 g/mol. The molecule has 0 aliphatic heterocycles. The number of aromatic nitrogens is 2. The standard InChI is InChI=1S/C18H21FN4O/c19-14-8-6-13(7-9-14)11-20-17-10-16(21-12-22-17)18(24)23-15-4-2-1-3-5-15/h6-10,12,15H,1-5,11H2,(H,23,24)(H,20,21,22). The molecular formula is C18H21FN4O. The molecule has 24 heavy (non-hydrogen) atoms. The van der Waals surface area contributed by atoms with Crippen LogP contribution in [-0.2, 0) is 6.54 Å². The molecule has 0 atom stereocenters. The van der Waals surface area contributed by atoms with Crippen LogP contribution in [0.25, 0.3) is 0 Å². The quantitative estimate of drug-likeness (QED) is 0.884. The van der Waals surface area contributed by atoms with E-state index in [9.17, 15) is 9.18 Å². The Labute approximate surface area is 140 Å². The lowest BCUT2D eigenvalue weighted by Gasteiger charge is -2.22. The second kappa shape index (κ2) is 7.86. The highest BCUT2D eigenvalue weighted by Crippen LogP contribution is 2.18. The molecule has 1 amide bonds. The van der Waals surface area contributed by atoms with Crippen LogP contribution in [0, 0.1) is 5.82 Å². The Morgan fingerprint density at radius 3 is 2.62 bits per heavy atom. The second-order valence-electron chi connectivity index (χ2n) is 6.08. The molecule has 1 heterocycles. The summed E-state index contributed by atoms with van der Waals surface area (Å²) in [6, 6.07) is 8.14. The van der Waals surface area contributed by atoms with E-state index in [1.165, 1.54) is 37.7 Å². The molecule has 6 heteroatoms. The number of nitrogens with one attached hydrogen (secondary N) is 2. The average Bonchev–Trinajstić information content (AvgIpc) is 2.62. The fourth-order valence-corrected chi connectivity index (χ4v) is 2.88. The number of amides is 1. The van der Waals surface area contributed by atoms with Crippen LogP contribution >= 0.6 is 0 Å². The molecule has 0 saturated heterocycles. The highest BCUT2D eigenvalue weighted by atomic mass is 19.1. The van der Waals surface area contributed by atoms with Crippen molar-refractivity contribution in [3.63, 3.8) is 0 Å². The molecule has 2 N–H and O–H groups in total. The van der Waals surface area contributed by atoms with Gasteiger partial charge in [-0.3, -0.25) is 4.79 Å². The third kappa shape index (κ3) is 4.50. The van der Waals surface area contributed by atoms with Crippen molar-refractivity contribution in [3.8, 4) is 0 Å². The molecule has 126 valence electrons. The molecular weight excluding hydrogens is 307 g/mol. The van der Waals surface area contributed by atoms with Crippen LogP contribution in [0.1, 0.15) is 48.2 Å². The van der Waals surface area contributed by atoms with Gasteiger partial charge in [0.15, 0.2) is 0 Å². The number of halogens is 1. The minimum atomic E-state index is -0.262. The zero-order valence-electron chi connectivity index (χ0n) is 13.5. The lowest BCUT2D eigenvalue weighted by atomic mass is 9.95. The molecule has 1 aliphatic rings. The summed E-state index contributed by atoms with van der Waals surface area (Å²) in [5.41, 5.74) is 1.29. The summed E-state index contributed by atoms with van der Waals surface area (Å²) >= 11 is 0. The monoisotopic (exact) mass is 328 g/mol. The minimum Gasteiger partial charge on any atom is -0.366 e. The van der Waals surface area contributed by atoms with E-state index < -0.39 is 0 Å². The van der Waals surface area contributed by atoms with Crippen molar-refractivity contribution in [2.24, 2.45) is 0 Å². The van der Waals surface area contributed by atoms with E-state index in [0.717, 1.165) is 18.4 Å². The normalized spacial score (nSPS) is 15.0. The van der Waals surface area contributed by atoms with Gasteiger partial charge in [-0.15, -0.1) is 0 Å². The molecule has 1 saturated carbocycles. The third-order valence-corrected chi connectivity index (χ3v) is 4.23. The van der Waals surface area contributed by atoms with E-state index in [1.54, 1.807) is 18.2 Å². The lowest BCUT2D eigenvalue weighted by Crippen LogP contribution is -2.36. The topological polar surface area (TPSA) is 66.9 Å². The first-order chi connectivity index (χ1) is 11.7. The number of carbonyl (C=O) groups excluding carboxylic acids is 1. The van der Waals surface area contributed by atoms with Crippen molar-refractivity contribution < 1.29 is 9.18 Å². The van der Waals surface area contributed by atoms with Crippen molar-refractivity contribution in [3.05, 3.63) is 53.7 Å². The van der Waals surface area contributed by atoms with Crippen molar-refractivity contribution in [2.75, 3.05) is 5.32 Å². The molecule has 1 fully saturated rings. The molecule has 3 rings (SSSR count). The number of carbonyl (C=O) groups is 1. The fourth-order valence-electron chi connectivity index (χ4n) is 2.88. The lowest BCUT2D eigenvalue weighted by molar-refractivity contribution is 0.0922. The smallest absolute Gasteiger partial charge is 0.270 e. The predicted molar refractivity (Wildman–Crippen MR) is 90.1 cm³/mol. The van der Waals surface area contributed by atoms with Crippen molar-refractivity contribution in [1.29, 1.82) is 0 Å². The number of anilines is 1. The highest BCUT2D eigenvalue weighted by Gasteiger charge is 2.17. The maximum atomic E-state index is 12.9. The van der Waals surface area contributed by atoms with Crippen LogP contribution in [0.2, 0.25) is 0 Å². The van der Waals surface area contributed by atoms with Crippen molar-refractivity contribution >= 4 is 11.7 Å². The first kappa shape index (κ1) is 16.4. The molecule has 0 bridgehead atoms. The fraction of sp³-hybridized carbons (Fsp3) is 0.389. The Kier molecular flexibility index (Phi) is 5.36. The molecule has 5 nitrogen and oxygen atoms in total. The van der Waals surface area contributed by atoms with Gasteiger partial charge in [-0.05, 0) is 30.5 Å². The Hall–Kier alpha value is -2.50. The second-order valence-corrected chi connectivity index (χ2v) is 6.08. The first-order valence-electron chi connectivity index (χ1n) is 8.32. The zero-order valence-corrected chi connectivity index (χ0v) is 13.5. The minimum absolute atomic E-state index is 0.158. The molecule has 0 radical (unpaired) electrons. The Morgan fingerprint density at radius 1 is 1.12 bits per heavy atom. The third-order valence-electron chi connectivity index (χ3n) is 4.23. The number of rotatable bonds is 5. The van der Waals surface area contributed by atoms with E-state index in [2.05, 4.69) is 20.6 Å². The summed E-state index contributed by atoms with van der Waals surface area (Å²) < 4.78 is 12.9. The van der Waals surface area contributed by atoms with E-state index in [-0.39, 0.29) is 17.8 Å². The summed E-state index contributed by atoms with van der Waals surface area (Å²) in [4.78, 5) is 20.5. The Balaban J connectivity index is 1.58. The van der Waals surface area contributed by atoms with Gasteiger partial charge in [-0.2, -0.15) is 0 Å². The molecule has 2 aromatic rings. The maximum absolute atomic E-state index is 12.9. The maximum Gasteiger partial charge on any atom is 0.270 e. The zero-order chi connectivity index (χ0) is 16.8. The number of nitrogens with zero attached hydrogens (tertiary/aromatic N) is 2.